The molecule has 0 saturated carbocycles. The Kier molecular flexibility index (Phi) is 26.9. The summed E-state index contributed by atoms with van der Waals surface area (Å²) < 4.78 is 32.3. The lowest BCUT2D eigenvalue weighted by Crippen LogP contribution is -2.28. The number of nitrogens with zero attached hydrogens (tertiary/aromatic N) is 1. The first-order valence-electron chi connectivity index (χ1n) is 10.2. The molecule has 1 aromatic heterocycles. The van der Waals surface area contributed by atoms with Gasteiger partial charge < -0.3 is 54.0 Å². The number of hydrogen-bond donors (Lipinski definition) is 2. The standard InChI is InChI=1S/C24H27N3O5S.9H2O/c1-24(2,3)20-15-19(27-13-12-21(28)25-23(27)29)14-17(22(20)32-4)9-6-16-7-10-18(11-8-16)26-33(5,30)31;;;;;;;;;/h6-15,26H,1-5H3,(H,25,28,29);9*1H2/b9-6+;;;;;;;;;. The fourth-order valence-electron chi connectivity index (χ4n) is 3.37. The largest absolute Gasteiger partial charge is 0.496 e. The molecule has 0 unspecified atom stereocenters. The summed E-state index contributed by atoms with van der Waals surface area (Å²) in [6.45, 7) is 6.14. The van der Waals surface area contributed by atoms with Crippen LogP contribution in [0.1, 0.15) is 37.5 Å². The molecule has 20 N–H and O–H groups in total. The number of ether oxygens (including phenoxy) is 1. The maximum absolute atomic E-state index is 12.4. The summed E-state index contributed by atoms with van der Waals surface area (Å²) in [6.07, 6.45) is 6.28. The van der Waals surface area contributed by atoms with Crippen LogP contribution in [-0.4, -0.2) is 80.6 Å². The molecule has 1 heterocycles. The predicted octanol–water partition coefficient (Wildman–Crippen LogP) is -4.05. The number of aromatic amines is 1. The van der Waals surface area contributed by atoms with E-state index in [9.17, 15) is 18.0 Å². The molecule has 246 valence electrons. The number of nitrogens with one attached hydrogen (secondary N) is 2. The van der Waals surface area contributed by atoms with Crippen molar-refractivity contribution in [1.82, 2.24) is 9.55 Å². The highest BCUT2D eigenvalue weighted by Crippen LogP contribution is 2.37. The number of hydrogen-bond acceptors (Lipinski definition) is 5. The average molecular weight is 632 g/mol. The van der Waals surface area contributed by atoms with Gasteiger partial charge in [-0.25, -0.2) is 13.2 Å². The smallest absolute Gasteiger partial charge is 0.332 e. The fraction of sp³-hybridized carbons (Fsp3) is 0.250. The molecular weight excluding hydrogens is 586 g/mol. The third-order valence-electron chi connectivity index (χ3n) is 4.89. The van der Waals surface area contributed by atoms with Crippen molar-refractivity contribution in [1.29, 1.82) is 0 Å². The lowest BCUT2D eigenvalue weighted by atomic mass is 9.84. The number of benzene rings is 2. The van der Waals surface area contributed by atoms with E-state index in [2.05, 4.69) is 9.71 Å². The lowest BCUT2D eigenvalue weighted by molar-refractivity contribution is 0.396. The highest BCUT2D eigenvalue weighted by Gasteiger charge is 2.22. The number of sulfonamides is 1. The monoisotopic (exact) mass is 631 g/mol. The van der Waals surface area contributed by atoms with E-state index < -0.39 is 21.3 Å². The molecule has 0 spiro atoms. The number of H-pyrrole nitrogens is 1. The highest BCUT2D eigenvalue weighted by atomic mass is 32.2. The van der Waals surface area contributed by atoms with Gasteiger partial charge in [0.25, 0.3) is 5.56 Å². The third-order valence-corrected chi connectivity index (χ3v) is 5.49. The second kappa shape index (κ2) is 20.9. The molecule has 17 nitrogen and oxygen atoms in total. The maximum Gasteiger partial charge on any atom is 0.332 e. The van der Waals surface area contributed by atoms with Crippen LogP contribution in [-0.2, 0) is 15.4 Å². The van der Waals surface area contributed by atoms with E-state index in [4.69, 9.17) is 4.74 Å². The first-order valence-corrected chi connectivity index (χ1v) is 12.1. The highest BCUT2D eigenvalue weighted by molar-refractivity contribution is 7.92. The minimum absolute atomic E-state index is 0. The first-order chi connectivity index (χ1) is 15.4. The Hall–Kier alpha value is -3.95. The number of rotatable bonds is 6. The van der Waals surface area contributed by atoms with Crippen molar-refractivity contribution in [3.8, 4) is 11.4 Å². The van der Waals surface area contributed by atoms with Gasteiger partial charge in [-0.05, 0) is 35.2 Å². The van der Waals surface area contributed by atoms with Gasteiger partial charge in [0.15, 0.2) is 0 Å². The van der Waals surface area contributed by atoms with Gasteiger partial charge in [-0.15, -0.1) is 0 Å². The van der Waals surface area contributed by atoms with Crippen LogP contribution in [0.3, 0.4) is 0 Å². The molecule has 3 rings (SSSR count). The van der Waals surface area contributed by atoms with Gasteiger partial charge in [0.05, 0.1) is 19.1 Å². The van der Waals surface area contributed by atoms with E-state index >= 15 is 0 Å². The first kappa shape index (κ1) is 54.2. The van der Waals surface area contributed by atoms with Crippen molar-refractivity contribution >= 4 is 27.9 Å². The van der Waals surface area contributed by atoms with Gasteiger partial charge >= 0.3 is 5.69 Å². The number of methoxy groups -OCH3 is 1. The van der Waals surface area contributed by atoms with Gasteiger partial charge in [0, 0.05) is 29.1 Å². The Bertz CT molecular complexity index is 1430. The molecule has 42 heavy (non-hydrogen) atoms. The topological polar surface area (TPSA) is 394 Å². The van der Waals surface area contributed by atoms with Gasteiger partial charge in [-0.1, -0.05) is 45.1 Å². The molecule has 2 aromatic carbocycles. The van der Waals surface area contributed by atoms with Gasteiger partial charge in [0.2, 0.25) is 10.0 Å². The second-order valence-electron chi connectivity index (χ2n) is 8.68. The molecule has 0 saturated heterocycles. The zero-order valence-electron chi connectivity index (χ0n) is 23.7. The Morgan fingerprint density at radius 3 is 1.79 bits per heavy atom. The second-order valence-corrected chi connectivity index (χ2v) is 10.4. The van der Waals surface area contributed by atoms with E-state index in [1.165, 1.54) is 16.8 Å². The molecule has 0 fully saturated rings. The summed E-state index contributed by atoms with van der Waals surface area (Å²) in [5, 5.41) is 0. The van der Waals surface area contributed by atoms with Gasteiger partial charge in [0.1, 0.15) is 5.75 Å². The summed E-state index contributed by atoms with van der Waals surface area (Å²) >= 11 is 0. The lowest BCUT2D eigenvalue weighted by Gasteiger charge is -2.25. The molecule has 3 aromatic rings. The van der Waals surface area contributed by atoms with E-state index in [1.54, 1.807) is 31.4 Å². The van der Waals surface area contributed by atoms with Gasteiger partial charge in [-0.2, -0.15) is 0 Å². The molecule has 0 aliphatic rings. The van der Waals surface area contributed by atoms with Crippen LogP contribution in [0.4, 0.5) is 5.69 Å². The van der Waals surface area contributed by atoms with E-state index in [0.717, 1.165) is 22.9 Å². The minimum Gasteiger partial charge on any atom is -0.496 e. The van der Waals surface area contributed by atoms with Gasteiger partial charge in [-0.3, -0.25) is 19.1 Å². The van der Waals surface area contributed by atoms with Crippen LogP contribution in [0.5, 0.6) is 5.75 Å². The summed E-state index contributed by atoms with van der Waals surface area (Å²) in [6, 6.07) is 11.9. The SMILES string of the molecule is COc1c(/C=C/c2ccc(NS(C)(=O)=O)cc2)cc(-n2ccc(=O)[nH]c2=O)cc1C(C)(C)C.O.O.O.O.O.O.O.O.O. The van der Waals surface area contributed by atoms with Crippen molar-refractivity contribution in [3.05, 3.63) is 86.2 Å². The third kappa shape index (κ3) is 13.6. The molecular formula is C24H45N3O14S. The summed E-state index contributed by atoms with van der Waals surface area (Å²) in [7, 11) is -1.75. The molecule has 18 heteroatoms. The Morgan fingerprint density at radius 2 is 1.36 bits per heavy atom. The molecule has 0 atom stereocenters. The van der Waals surface area contributed by atoms with Crippen molar-refractivity contribution in [2.24, 2.45) is 0 Å². The Morgan fingerprint density at radius 1 is 0.833 bits per heavy atom. The van der Waals surface area contributed by atoms with Crippen LogP contribution >= 0.6 is 0 Å². The van der Waals surface area contributed by atoms with E-state index in [1.807, 2.05) is 45.1 Å². The quantitative estimate of drug-likeness (QED) is 0.256. The van der Waals surface area contributed by atoms with Crippen LogP contribution in [0, 0.1) is 0 Å². The normalized spacial score (nSPS) is 9.55. The number of aromatic nitrogens is 2. The number of anilines is 1. The average Bonchev–Trinajstić information content (AvgIpc) is 2.71. The summed E-state index contributed by atoms with van der Waals surface area (Å²) in [4.78, 5) is 26.2. The Labute approximate surface area is 241 Å². The van der Waals surface area contributed by atoms with Crippen LogP contribution in [0.2, 0.25) is 0 Å². The molecule has 0 bridgehead atoms. The van der Waals surface area contributed by atoms with Crippen molar-refractivity contribution in [3.63, 3.8) is 0 Å². The Balaban J connectivity index is -0.000000272. The van der Waals surface area contributed by atoms with Crippen molar-refractivity contribution in [2.45, 2.75) is 26.2 Å². The van der Waals surface area contributed by atoms with Crippen LogP contribution in [0.15, 0.2) is 58.3 Å². The van der Waals surface area contributed by atoms with Crippen molar-refractivity contribution in [2.75, 3.05) is 18.1 Å². The molecule has 0 radical (unpaired) electrons. The summed E-state index contributed by atoms with van der Waals surface area (Å²) in [5.41, 5.74) is 2.28. The summed E-state index contributed by atoms with van der Waals surface area (Å²) in [5.74, 6) is 0.676. The minimum atomic E-state index is -3.34. The van der Waals surface area contributed by atoms with Crippen LogP contribution in [0.25, 0.3) is 17.8 Å². The van der Waals surface area contributed by atoms with E-state index in [0.29, 0.717) is 17.1 Å². The molecule has 0 aliphatic carbocycles. The zero-order chi connectivity index (χ0) is 24.4. The molecule has 0 amide bonds. The predicted molar refractivity (Wildman–Crippen MR) is 164 cm³/mol. The molecule has 0 aliphatic heterocycles. The zero-order valence-corrected chi connectivity index (χ0v) is 24.5. The van der Waals surface area contributed by atoms with E-state index in [-0.39, 0.29) is 54.7 Å². The maximum atomic E-state index is 12.4. The fourth-order valence-corrected chi connectivity index (χ4v) is 3.93. The van der Waals surface area contributed by atoms with Crippen LogP contribution < -0.4 is 20.7 Å². The van der Waals surface area contributed by atoms with Crippen molar-refractivity contribution < 1.29 is 62.4 Å².